The van der Waals surface area contributed by atoms with E-state index in [1.165, 1.54) is 24.6 Å². The number of benzene rings is 1. The van der Waals surface area contributed by atoms with Crippen molar-refractivity contribution in [3.63, 3.8) is 0 Å². The summed E-state index contributed by atoms with van der Waals surface area (Å²) >= 11 is 18.6. The summed E-state index contributed by atoms with van der Waals surface area (Å²) in [6.45, 7) is 0. The molecule has 0 bridgehead atoms. The van der Waals surface area contributed by atoms with Crippen LogP contribution in [0.5, 0.6) is 0 Å². The fourth-order valence-corrected chi connectivity index (χ4v) is 3.90. The van der Waals surface area contributed by atoms with Gasteiger partial charge in [0.15, 0.2) is 5.11 Å². The third-order valence-electron chi connectivity index (χ3n) is 3.23. The summed E-state index contributed by atoms with van der Waals surface area (Å²) in [5.41, 5.74) is 0.758. The topological polar surface area (TPSA) is 63.2 Å². The normalized spacial score (nSPS) is 10.5. The van der Waals surface area contributed by atoms with Crippen molar-refractivity contribution >= 4 is 79.4 Å². The van der Waals surface area contributed by atoms with Crippen molar-refractivity contribution in [2.45, 2.75) is 0 Å². The van der Waals surface area contributed by atoms with Crippen molar-refractivity contribution in [1.82, 2.24) is 4.98 Å². The van der Waals surface area contributed by atoms with Gasteiger partial charge in [-0.1, -0.05) is 23.2 Å². The molecule has 1 aromatic carbocycles. The van der Waals surface area contributed by atoms with E-state index in [2.05, 4.69) is 15.6 Å². The molecule has 0 saturated carbocycles. The van der Waals surface area contributed by atoms with Crippen LogP contribution in [-0.2, 0) is 4.74 Å². The van der Waals surface area contributed by atoms with Crippen LogP contribution in [0.1, 0.15) is 9.67 Å². The average molecular weight is 412 g/mol. The van der Waals surface area contributed by atoms with Gasteiger partial charge in [0.25, 0.3) is 0 Å². The summed E-state index contributed by atoms with van der Waals surface area (Å²) in [5.74, 6) is 0.127. The van der Waals surface area contributed by atoms with E-state index in [1.807, 2.05) is 18.2 Å². The second-order valence-electron chi connectivity index (χ2n) is 4.89. The number of nitrogens with zero attached hydrogens (tertiary/aromatic N) is 1. The van der Waals surface area contributed by atoms with Gasteiger partial charge < -0.3 is 15.4 Å². The predicted molar refractivity (Wildman–Crippen MR) is 107 cm³/mol. The van der Waals surface area contributed by atoms with Crippen LogP contribution in [0.4, 0.5) is 11.5 Å². The molecule has 0 spiro atoms. The van der Waals surface area contributed by atoms with Gasteiger partial charge in [-0.3, -0.25) is 0 Å². The number of rotatable bonds is 3. The number of esters is 1. The maximum absolute atomic E-state index is 11.7. The molecule has 0 aliphatic rings. The van der Waals surface area contributed by atoms with Crippen LogP contribution in [-0.4, -0.2) is 23.2 Å². The van der Waals surface area contributed by atoms with Crippen molar-refractivity contribution in [1.29, 1.82) is 0 Å². The zero-order valence-corrected chi connectivity index (χ0v) is 15.9. The molecule has 5 nitrogen and oxygen atoms in total. The van der Waals surface area contributed by atoms with Gasteiger partial charge >= 0.3 is 5.97 Å². The van der Waals surface area contributed by atoms with E-state index in [0.29, 0.717) is 25.9 Å². The Kier molecular flexibility index (Phi) is 5.39. The van der Waals surface area contributed by atoms with E-state index in [-0.39, 0.29) is 0 Å². The van der Waals surface area contributed by atoms with E-state index in [4.69, 9.17) is 40.2 Å². The minimum atomic E-state index is -0.452. The first-order valence-corrected chi connectivity index (χ1v) is 8.96. The van der Waals surface area contributed by atoms with Crippen LogP contribution >= 0.6 is 46.8 Å². The Morgan fingerprint density at radius 1 is 1.24 bits per heavy atom. The highest BCUT2D eigenvalue weighted by atomic mass is 35.5. The van der Waals surface area contributed by atoms with Crippen LogP contribution in [0, 0.1) is 0 Å². The first kappa shape index (κ1) is 17.9. The molecule has 2 aromatic heterocycles. The molecule has 9 heteroatoms. The summed E-state index contributed by atoms with van der Waals surface area (Å²) in [4.78, 5) is 16.2. The second kappa shape index (κ2) is 7.53. The Hall–Kier alpha value is -1.93. The van der Waals surface area contributed by atoms with Crippen LogP contribution in [0.3, 0.4) is 0 Å². The number of hydrogen-bond donors (Lipinski definition) is 2. The number of carbonyl (C=O) groups is 1. The first-order chi connectivity index (χ1) is 12.0. The Morgan fingerprint density at radius 2 is 2.04 bits per heavy atom. The zero-order chi connectivity index (χ0) is 18.0. The summed E-state index contributed by atoms with van der Waals surface area (Å²) < 4.78 is 5.59. The minimum Gasteiger partial charge on any atom is -0.465 e. The average Bonchev–Trinajstić information content (AvgIpc) is 2.92. The van der Waals surface area contributed by atoms with Gasteiger partial charge in [0.2, 0.25) is 0 Å². The van der Waals surface area contributed by atoms with Crippen molar-refractivity contribution in [3.8, 4) is 0 Å². The summed E-state index contributed by atoms with van der Waals surface area (Å²) in [7, 11) is 1.32. The number of carbonyl (C=O) groups excluding carboxylic acids is 1. The molecule has 0 atom stereocenters. The van der Waals surface area contributed by atoms with Gasteiger partial charge in [-0.2, -0.15) is 0 Å². The number of fused-ring (bicyclic) bond motifs is 1. The quantitative estimate of drug-likeness (QED) is 0.456. The number of methoxy groups -OCH3 is 1. The molecular formula is C16H11Cl2N3O2S2. The fraction of sp³-hybridized carbons (Fsp3) is 0.0625. The lowest BCUT2D eigenvalue weighted by atomic mass is 10.2. The molecule has 128 valence electrons. The maximum Gasteiger partial charge on any atom is 0.349 e. The molecule has 0 fully saturated rings. The first-order valence-electron chi connectivity index (χ1n) is 6.98. The van der Waals surface area contributed by atoms with Gasteiger partial charge in [0.05, 0.1) is 17.2 Å². The number of hydrogen-bond acceptors (Lipinski definition) is 5. The molecule has 0 amide bonds. The Balaban J connectivity index is 1.78. The molecule has 25 heavy (non-hydrogen) atoms. The second-order valence-corrected chi connectivity index (χ2v) is 7.16. The molecule has 0 unspecified atom stereocenters. The highest BCUT2D eigenvalue weighted by molar-refractivity contribution is 7.80. The van der Waals surface area contributed by atoms with E-state index >= 15 is 0 Å². The molecule has 3 aromatic rings. The molecule has 0 aliphatic heterocycles. The highest BCUT2D eigenvalue weighted by Gasteiger charge is 2.17. The summed E-state index contributed by atoms with van der Waals surface area (Å²) in [6, 6.07) is 8.95. The largest absolute Gasteiger partial charge is 0.465 e. The smallest absolute Gasteiger partial charge is 0.349 e. The number of thiophene rings is 1. The molecule has 0 radical (unpaired) electrons. The van der Waals surface area contributed by atoms with Crippen LogP contribution < -0.4 is 10.6 Å². The van der Waals surface area contributed by atoms with Crippen LogP contribution in [0.2, 0.25) is 10.0 Å². The fourth-order valence-electron chi connectivity index (χ4n) is 2.10. The van der Waals surface area contributed by atoms with Crippen molar-refractivity contribution < 1.29 is 9.53 Å². The number of halogens is 2. The van der Waals surface area contributed by atoms with Gasteiger partial charge in [0, 0.05) is 22.0 Å². The van der Waals surface area contributed by atoms with Crippen LogP contribution in [0.15, 0.2) is 36.5 Å². The van der Waals surface area contributed by atoms with E-state index in [0.717, 1.165) is 15.8 Å². The van der Waals surface area contributed by atoms with Gasteiger partial charge in [-0.05, 0) is 42.5 Å². The predicted octanol–water partition coefficient (Wildman–Crippen LogP) is 5.20. The Bertz CT molecular complexity index is 958. The number of nitrogens with one attached hydrogen (secondary N) is 2. The van der Waals surface area contributed by atoms with E-state index in [9.17, 15) is 4.79 Å². The standard InChI is InChI=1S/C16H11Cl2N3O2S2/c1-23-15(22)14-13(18)10-4-3-9(6-11(10)25-14)20-16(24)21-12-5-2-8(17)7-19-12/h2-7H,1H3,(H2,19,20,21,24). The molecule has 2 N–H and O–H groups in total. The van der Waals surface area contributed by atoms with E-state index < -0.39 is 5.97 Å². The number of anilines is 2. The van der Waals surface area contributed by atoms with Crippen LogP contribution in [0.25, 0.3) is 10.1 Å². The molecule has 2 heterocycles. The van der Waals surface area contributed by atoms with Gasteiger partial charge in [0.1, 0.15) is 10.7 Å². The number of pyridine rings is 1. The lowest BCUT2D eigenvalue weighted by Crippen LogP contribution is -2.19. The minimum absolute atomic E-state index is 0.377. The SMILES string of the molecule is COC(=O)c1sc2cc(NC(=S)Nc3ccc(Cl)cn3)ccc2c1Cl. The van der Waals surface area contributed by atoms with Gasteiger partial charge in [-0.25, -0.2) is 9.78 Å². The lowest BCUT2D eigenvalue weighted by molar-refractivity contribution is 0.0606. The monoisotopic (exact) mass is 411 g/mol. The highest BCUT2D eigenvalue weighted by Crippen LogP contribution is 2.37. The zero-order valence-electron chi connectivity index (χ0n) is 12.8. The third kappa shape index (κ3) is 4.01. The summed E-state index contributed by atoms with van der Waals surface area (Å²) in [6.07, 6.45) is 1.53. The lowest BCUT2D eigenvalue weighted by Gasteiger charge is -2.10. The summed E-state index contributed by atoms with van der Waals surface area (Å²) in [5, 5.41) is 8.13. The number of thiocarbonyl (C=S) groups is 1. The Morgan fingerprint density at radius 3 is 2.72 bits per heavy atom. The van der Waals surface area contributed by atoms with Crippen molar-refractivity contribution in [2.75, 3.05) is 17.7 Å². The molecule has 0 aliphatic carbocycles. The molecular weight excluding hydrogens is 401 g/mol. The third-order valence-corrected chi connectivity index (χ3v) is 5.29. The maximum atomic E-state index is 11.7. The van der Waals surface area contributed by atoms with E-state index in [1.54, 1.807) is 12.1 Å². The van der Waals surface area contributed by atoms with Gasteiger partial charge in [-0.15, -0.1) is 11.3 Å². The Labute approximate surface area is 162 Å². The molecule has 0 saturated heterocycles. The van der Waals surface area contributed by atoms with Crippen molar-refractivity contribution in [3.05, 3.63) is 51.5 Å². The number of ether oxygens (including phenoxy) is 1. The van der Waals surface area contributed by atoms with Crippen molar-refractivity contribution in [2.24, 2.45) is 0 Å². The molecule has 3 rings (SSSR count). The number of aromatic nitrogens is 1.